The van der Waals surface area contributed by atoms with E-state index in [4.69, 9.17) is 14.2 Å². The van der Waals surface area contributed by atoms with Crippen molar-refractivity contribution in [1.82, 2.24) is 0 Å². The van der Waals surface area contributed by atoms with Crippen molar-refractivity contribution in [1.29, 1.82) is 0 Å². The first-order valence-corrected chi connectivity index (χ1v) is 20.4. The third kappa shape index (κ3) is 6.64. The van der Waals surface area contributed by atoms with Crippen molar-refractivity contribution in [3.05, 3.63) is 47.5 Å². The Labute approximate surface area is 323 Å². The van der Waals surface area contributed by atoms with E-state index in [2.05, 4.69) is 71.4 Å². The molecule has 14 atom stereocenters. The molecule has 5 aliphatic rings. The number of aliphatic hydroxyl groups excluding tert-OH is 3. The monoisotopic (exact) mass is 752 g/mol. The van der Waals surface area contributed by atoms with Crippen molar-refractivity contribution in [2.24, 2.45) is 50.2 Å². The van der Waals surface area contributed by atoms with E-state index in [1.165, 1.54) is 6.42 Å². The maximum atomic E-state index is 12.4. The van der Waals surface area contributed by atoms with Crippen LogP contribution in [0.2, 0.25) is 0 Å². The highest BCUT2D eigenvalue weighted by Crippen LogP contribution is 2.76. The summed E-state index contributed by atoms with van der Waals surface area (Å²) in [7, 11) is 2.98. The minimum Gasteiger partial charge on any atom is -0.467 e. The fourth-order valence-corrected chi connectivity index (χ4v) is 13.2. The van der Waals surface area contributed by atoms with E-state index < -0.39 is 35.8 Å². The van der Waals surface area contributed by atoms with Gasteiger partial charge in [-0.3, -0.25) is 0 Å². The molecule has 0 amide bonds. The number of hydrogen-bond acceptors (Lipinski definition) is 9. The first-order valence-electron chi connectivity index (χ1n) is 20.4. The summed E-state index contributed by atoms with van der Waals surface area (Å²) >= 11 is 0. The molecule has 9 heteroatoms. The molecule has 0 spiro atoms. The number of carbonyl (C=O) groups is 2. The number of hydrogen-bond donors (Lipinski definition) is 3. The number of aldehydes is 1. The quantitative estimate of drug-likeness (QED) is 0.119. The van der Waals surface area contributed by atoms with Crippen LogP contribution in [0, 0.1) is 50.2 Å². The van der Waals surface area contributed by atoms with Crippen molar-refractivity contribution >= 4 is 12.3 Å². The third-order valence-corrected chi connectivity index (χ3v) is 16.6. The lowest BCUT2D eigenvalue weighted by molar-refractivity contribution is -0.238. The maximum Gasteiger partial charge on any atom is 0.337 e. The largest absolute Gasteiger partial charge is 0.467 e. The number of fused-ring (bicyclic) bond motifs is 7. The molecule has 9 nitrogen and oxygen atoms in total. The molecule has 1 aromatic carbocycles. The van der Waals surface area contributed by atoms with Crippen LogP contribution in [0.5, 0.6) is 0 Å². The van der Waals surface area contributed by atoms with Crippen LogP contribution < -0.4 is 0 Å². The van der Waals surface area contributed by atoms with Crippen molar-refractivity contribution in [2.45, 2.75) is 149 Å². The molecule has 54 heavy (non-hydrogen) atoms. The Hall–Kier alpha value is -2.14. The molecule has 1 aromatic rings. The average Bonchev–Trinajstić information content (AvgIpc) is 3.14. The number of esters is 1. The first-order chi connectivity index (χ1) is 25.3. The van der Waals surface area contributed by atoms with Gasteiger partial charge < -0.3 is 39.1 Å². The van der Waals surface area contributed by atoms with E-state index in [0.717, 1.165) is 64.0 Å². The van der Waals surface area contributed by atoms with Gasteiger partial charge in [-0.25, -0.2) is 4.79 Å². The number of aliphatic hydroxyl groups is 3. The van der Waals surface area contributed by atoms with E-state index in [0.29, 0.717) is 24.7 Å². The Morgan fingerprint density at radius 3 is 2.20 bits per heavy atom. The molecule has 0 aliphatic heterocycles. The van der Waals surface area contributed by atoms with Gasteiger partial charge in [-0.05, 0) is 103 Å². The van der Waals surface area contributed by atoms with Gasteiger partial charge in [0, 0.05) is 17.9 Å². The van der Waals surface area contributed by atoms with Gasteiger partial charge in [-0.2, -0.15) is 0 Å². The lowest BCUT2D eigenvalue weighted by atomic mass is 9.33. The molecule has 0 radical (unpaired) electrons. The number of allylic oxidation sites excluding steroid dienone is 2. The normalized spacial score (nSPS) is 42.1. The standard InChI is InChI=1S/C45H68O9/c1-40(2)23-30-29-15-16-33-42(4)19-18-34(53-26-28-13-11-10-12-14-28)43(5,27-54-31(25-46)36(47)37(48)38(49)39(50)52-9)32(42)17-20-45(33,7)44(29,6)22-21-41(30,3)35(24-40)51-8/h10-15,25,30-38,47-49H,16-24,26-27H2,1-9H3/t30-,31-,32+,33+,34-,35+,36+,37-,38-,41+,42-,43+,44+,45+/m0/s1. The van der Waals surface area contributed by atoms with Crippen LogP contribution in [0.4, 0.5) is 0 Å². The summed E-state index contributed by atoms with van der Waals surface area (Å²) in [6.45, 7) is 17.8. The molecule has 4 saturated carbocycles. The fraction of sp³-hybridized carbons (Fsp3) is 0.778. The Morgan fingerprint density at radius 1 is 0.852 bits per heavy atom. The molecule has 0 heterocycles. The van der Waals surface area contributed by atoms with Crippen LogP contribution in [0.1, 0.15) is 112 Å². The summed E-state index contributed by atoms with van der Waals surface area (Å²) in [6, 6.07) is 10.1. The number of carbonyl (C=O) groups excluding carboxylic acids is 2. The van der Waals surface area contributed by atoms with E-state index in [1.807, 2.05) is 25.3 Å². The second-order valence-electron chi connectivity index (χ2n) is 19.8. The van der Waals surface area contributed by atoms with Gasteiger partial charge in [0.15, 0.2) is 12.4 Å². The van der Waals surface area contributed by atoms with Gasteiger partial charge in [0.25, 0.3) is 0 Å². The predicted molar refractivity (Wildman–Crippen MR) is 206 cm³/mol. The van der Waals surface area contributed by atoms with Crippen molar-refractivity contribution in [3.8, 4) is 0 Å². The number of methoxy groups -OCH3 is 2. The summed E-state index contributed by atoms with van der Waals surface area (Å²) in [4.78, 5) is 24.3. The number of benzene rings is 1. The third-order valence-electron chi connectivity index (χ3n) is 16.6. The van der Waals surface area contributed by atoms with Crippen molar-refractivity contribution in [2.75, 3.05) is 20.8 Å². The van der Waals surface area contributed by atoms with E-state index >= 15 is 0 Å². The second kappa shape index (κ2) is 15.0. The van der Waals surface area contributed by atoms with Gasteiger partial charge in [0.2, 0.25) is 0 Å². The van der Waals surface area contributed by atoms with Gasteiger partial charge in [0.1, 0.15) is 18.3 Å². The lowest BCUT2D eigenvalue weighted by Gasteiger charge is -2.72. The molecular weight excluding hydrogens is 684 g/mol. The molecular formula is C45H68O9. The highest BCUT2D eigenvalue weighted by Gasteiger charge is 2.69. The van der Waals surface area contributed by atoms with Gasteiger partial charge >= 0.3 is 5.97 Å². The lowest BCUT2D eigenvalue weighted by Crippen LogP contribution is -2.66. The predicted octanol–water partition coefficient (Wildman–Crippen LogP) is 6.84. The molecule has 0 unspecified atom stereocenters. The summed E-state index contributed by atoms with van der Waals surface area (Å²) in [5, 5.41) is 31.9. The zero-order valence-corrected chi connectivity index (χ0v) is 34.3. The van der Waals surface area contributed by atoms with Crippen LogP contribution in [0.15, 0.2) is 42.0 Å². The van der Waals surface area contributed by atoms with E-state index in [9.17, 15) is 24.9 Å². The number of rotatable bonds is 12. The Morgan fingerprint density at radius 2 is 1.56 bits per heavy atom. The Bertz CT molecular complexity index is 1540. The van der Waals surface area contributed by atoms with E-state index in [-0.39, 0.29) is 51.8 Å². The fourth-order valence-electron chi connectivity index (χ4n) is 13.2. The van der Waals surface area contributed by atoms with Crippen LogP contribution in [0.25, 0.3) is 0 Å². The first kappa shape index (κ1) is 41.5. The highest BCUT2D eigenvalue weighted by atomic mass is 16.5. The topological polar surface area (TPSA) is 132 Å². The second-order valence-corrected chi connectivity index (χ2v) is 19.8. The molecule has 6 rings (SSSR count). The molecule has 4 fully saturated rings. The average molecular weight is 753 g/mol. The summed E-state index contributed by atoms with van der Waals surface area (Å²) < 4.78 is 23.9. The highest BCUT2D eigenvalue weighted by molar-refractivity contribution is 5.75. The summed E-state index contributed by atoms with van der Waals surface area (Å²) in [6.07, 6.45) is 5.37. The van der Waals surface area contributed by atoms with Crippen LogP contribution >= 0.6 is 0 Å². The Kier molecular flexibility index (Phi) is 11.5. The minimum atomic E-state index is -2.02. The molecule has 0 saturated heterocycles. The number of ether oxygens (including phenoxy) is 4. The van der Waals surface area contributed by atoms with Gasteiger partial charge in [-0.1, -0.05) is 90.4 Å². The zero-order valence-electron chi connectivity index (χ0n) is 34.3. The van der Waals surface area contributed by atoms with Crippen LogP contribution in [-0.2, 0) is 35.1 Å². The minimum absolute atomic E-state index is 0.0553. The molecule has 0 aromatic heterocycles. The van der Waals surface area contributed by atoms with E-state index in [1.54, 1.807) is 5.57 Å². The summed E-state index contributed by atoms with van der Waals surface area (Å²) in [5.41, 5.74) is 2.64. The van der Waals surface area contributed by atoms with Crippen molar-refractivity contribution < 1.29 is 43.9 Å². The van der Waals surface area contributed by atoms with Crippen LogP contribution in [-0.4, -0.2) is 85.0 Å². The molecule has 0 bridgehead atoms. The molecule has 3 N–H and O–H groups in total. The van der Waals surface area contributed by atoms with Crippen molar-refractivity contribution in [3.63, 3.8) is 0 Å². The SMILES string of the molecule is COC(=O)[C@@H](O)[C@@H](O)[C@H](O)[C@H](C=O)OC[C@]1(C)[C@@H]2CC[C@]3(C)[C@H](CC=C4[C@@H]5CC(C)(C)C[C@@H](OC)[C@]5(C)CC[C@]43C)[C@@]2(C)CC[C@@H]1OCc1ccccc1. The molecule has 302 valence electrons. The molecule has 5 aliphatic carbocycles. The van der Waals surface area contributed by atoms with Crippen LogP contribution in [0.3, 0.4) is 0 Å². The summed E-state index contributed by atoms with van der Waals surface area (Å²) in [5.74, 6) is 0.00315. The van der Waals surface area contributed by atoms with Gasteiger partial charge in [-0.15, -0.1) is 0 Å². The smallest absolute Gasteiger partial charge is 0.337 e. The Balaban J connectivity index is 1.32. The van der Waals surface area contributed by atoms with Gasteiger partial charge in [0.05, 0.1) is 32.5 Å². The zero-order chi connectivity index (χ0) is 39.5. The maximum absolute atomic E-state index is 12.4.